The smallest absolute Gasteiger partial charge is 0.326 e. The van der Waals surface area contributed by atoms with Gasteiger partial charge in [-0.25, -0.2) is 9.59 Å². The normalized spacial score (nSPS) is 21.3. The van der Waals surface area contributed by atoms with Gasteiger partial charge in [0.25, 0.3) is 0 Å². The molecule has 1 aromatic heterocycles. The molecule has 0 saturated carbocycles. The van der Waals surface area contributed by atoms with Crippen LogP contribution < -0.4 is 0 Å². The molecule has 7 nitrogen and oxygen atoms in total. The van der Waals surface area contributed by atoms with Crippen molar-refractivity contribution in [3.63, 3.8) is 0 Å². The van der Waals surface area contributed by atoms with Crippen LogP contribution in [0, 0.1) is 0 Å². The zero-order valence-electron chi connectivity index (χ0n) is 12.1. The molecule has 0 bridgehead atoms. The summed E-state index contributed by atoms with van der Waals surface area (Å²) in [5, 5.41) is 9.24. The summed E-state index contributed by atoms with van der Waals surface area (Å²) in [6, 6.07) is 4.30. The molecule has 0 aromatic carbocycles. The summed E-state index contributed by atoms with van der Waals surface area (Å²) in [5.74, 6) is -1.01. The number of pyridine rings is 1. The maximum Gasteiger partial charge on any atom is 0.326 e. The fourth-order valence-corrected chi connectivity index (χ4v) is 2.44. The Morgan fingerprint density at radius 2 is 2.29 bits per heavy atom. The lowest BCUT2D eigenvalue weighted by atomic mass is 10.2. The summed E-state index contributed by atoms with van der Waals surface area (Å²) in [6.07, 6.45) is 1.73. The molecule has 2 heterocycles. The van der Waals surface area contributed by atoms with Crippen LogP contribution in [0.15, 0.2) is 24.4 Å². The van der Waals surface area contributed by atoms with Gasteiger partial charge in [-0.05, 0) is 12.1 Å². The summed E-state index contributed by atoms with van der Waals surface area (Å²) < 4.78 is 5.18. The van der Waals surface area contributed by atoms with Gasteiger partial charge >= 0.3 is 12.0 Å². The van der Waals surface area contributed by atoms with Crippen LogP contribution in [-0.4, -0.2) is 64.7 Å². The Balaban J connectivity index is 2.05. The third kappa shape index (κ3) is 3.49. The van der Waals surface area contributed by atoms with Crippen LogP contribution in [0.1, 0.15) is 12.1 Å². The summed E-state index contributed by atoms with van der Waals surface area (Å²) in [6.45, 7) is 0.624. The Bertz CT molecular complexity index is 508. The molecule has 1 N–H and O–H groups in total. The van der Waals surface area contributed by atoms with Crippen molar-refractivity contribution in [1.29, 1.82) is 0 Å². The van der Waals surface area contributed by atoms with Gasteiger partial charge in [-0.1, -0.05) is 6.07 Å². The fraction of sp³-hybridized carbons (Fsp3) is 0.500. The van der Waals surface area contributed by atoms with Gasteiger partial charge in [0.15, 0.2) is 0 Å². The lowest BCUT2D eigenvalue weighted by molar-refractivity contribution is -0.141. The van der Waals surface area contributed by atoms with Crippen LogP contribution in [0.3, 0.4) is 0 Å². The van der Waals surface area contributed by atoms with Crippen LogP contribution in [0.4, 0.5) is 4.79 Å². The topological polar surface area (TPSA) is 83.0 Å². The van der Waals surface area contributed by atoms with E-state index in [2.05, 4.69) is 4.98 Å². The standard InChI is InChI=1S/C14H19N3O4/c1-16(8-10-5-3-4-6-15-10)14(20)17-9-11(21-2)7-12(17)13(18)19/h3-6,11-12H,7-9H2,1-2H3,(H,18,19). The minimum Gasteiger partial charge on any atom is -0.480 e. The molecule has 2 atom stereocenters. The van der Waals surface area contributed by atoms with Crippen molar-refractivity contribution in [3.05, 3.63) is 30.1 Å². The van der Waals surface area contributed by atoms with E-state index in [0.717, 1.165) is 5.69 Å². The van der Waals surface area contributed by atoms with E-state index in [-0.39, 0.29) is 12.1 Å². The Kier molecular flexibility index (Phi) is 4.74. The molecule has 2 unspecified atom stereocenters. The van der Waals surface area contributed by atoms with Crippen molar-refractivity contribution >= 4 is 12.0 Å². The second-order valence-electron chi connectivity index (χ2n) is 5.06. The first-order valence-electron chi connectivity index (χ1n) is 6.70. The number of aliphatic carboxylic acids is 1. The number of carboxylic acids is 1. The molecule has 7 heteroatoms. The number of rotatable bonds is 4. The molecule has 1 fully saturated rings. The predicted molar refractivity (Wildman–Crippen MR) is 74.6 cm³/mol. The zero-order valence-corrected chi connectivity index (χ0v) is 12.1. The maximum absolute atomic E-state index is 12.4. The Labute approximate surface area is 123 Å². The van der Waals surface area contributed by atoms with E-state index in [1.165, 1.54) is 16.9 Å². The molecule has 114 valence electrons. The van der Waals surface area contributed by atoms with Crippen LogP contribution >= 0.6 is 0 Å². The minimum absolute atomic E-state index is 0.238. The molecule has 0 radical (unpaired) electrons. The van der Waals surface area contributed by atoms with Gasteiger partial charge in [0.1, 0.15) is 6.04 Å². The van der Waals surface area contributed by atoms with Crippen molar-refractivity contribution in [2.45, 2.75) is 25.1 Å². The summed E-state index contributed by atoms with van der Waals surface area (Å²) >= 11 is 0. The number of ether oxygens (including phenoxy) is 1. The van der Waals surface area contributed by atoms with Crippen molar-refractivity contribution in [1.82, 2.24) is 14.8 Å². The highest BCUT2D eigenvalue weighted by Gasteiger charge is 2.40. The molecule has 0 spiro atoms. The van der Waals surface area contributed by atoms with Gasteiger partial charge in [-0.2, -0.15) is 0 Å². The van der Waals surface area contributed by atoms with Crippen LogP contribution in [-0.2, 0) is 16.1 Å². The number of nitrogens with zero attached hydrogens (tertiary/aromatic N) is 3. The van der Waals surface area contributed by atoms with E-state index in [0.29, 0.717) is 19.5 Å². The first kappa shape index (κ1) is 15.2. The number of urea groups is 1. The molecule has 1 aromatic rings. The highest BCUT2D eigenvalue weighted by atomic mass is 16.5. The predicted octanol–water partition coefficient (Wildman–Crippen LogP) is 0.807. The number of carboxylic acid groups (broad SMARTS) is 1. The van der Waals surface area contributed by atoms with Gasteiger partial charge in [-0.3, -0.25) is 4.98 Å². The summed E-state index contributed by atoms with van der Waals surface area (Å²) in [5.41, 5.74) is 0.753. The van der Waals surface area contributed by atoms with Crippen LogP contribution in [0.2, 0.25) is 0 Å². The Hall–Kier alpha value is -2.15. The molecule has 2 amide bonds. The second-order valence-corrected chi connectivity index (χ2v) is 5.06. The maximum atomic E-state index is 12.4. The second kappa shape index (κ2) is 6.53. The molecule has 1 saturated heterocycles. The SMILES string of the molecule is COC1CC(C(=O)O)N(C(=O)N(C)Cc2ccccn2)C1. The van der Waals surface area contributed by atoms with Crippen molar-refractivity contribution in [2.75, 3.05) is 20.7 Å². The molecule has 21 heavy (non-hydrogen) atoms. The average molecular weight is 293 g/mol. The number of amides is 2. The Morgan fingerprint density at radius 3 is 2.86 bits per heavy atom. The van der Waals surface area contributed by atoms with E-state index >= 15 is 0 Å². The van der Waals surface area contributed by atoms with Crippen molar-refractivity contribution in [2.24, 2.45) is 0 Å². The van der Waals surface area contributed by atoms with E-state index in [4.69, 9.17) is 4.74 Å². The van der Waals surface area contributed by atoms with Crippen LogP contribution in [0.5, 0.6) is 0 Å². The summed E-state index contributed by atoms with van der Waals surface area (Å²) in [7, 11) is 3.16. The van der Waals surface area contributed by atoms with Gasteiger partial charge in [-0.15, -0.1) is 0 Å². The first-order valence-corrected chi connectivity index (χ1v) is 6.70. The molecule has 0 aliphatic carbocycles. The van der Waals surface area contributed by atoms with Crippen molar-refractivity contribution in [3.8, 4) is 0 Å². The number of aromatic nitrogens is 1. The number of likely N-dealkylation sites (tertiary alicyclic amines) is 1. The van der Waals surface area contributed by atoms with Crippen molar-refractivity contribution < 1.29 is 19.4 Å². The number of hydrogen-bond acceptors (Lipinski definition) is 4. The lowest BCUT2D eigenvalue weighted by Crippen LogP contribution is -2.46. The third-order valence-corrected chi connectivity index (χ3v) is 3.58. The quantitative estimate of drug-likeness (QED) is 0.888. The molecule has 1 aliphatic heterocycles. The molecular formula is C14H19N3O4. The van der Waals surface area contributed by atoms with E-state index in [1.54, 1.807) is 19.3 Å². The minimum atomic E-state index is -1.01. The Morgan fingerprint density at radius 1 is 1.52 bits per heavy atom. The van der Waals surface area contributed by atoms with E-state index in [1.807, 2.05) is 12.1 Å². The number of carbonyl (C=O) groups excluding carboxylic acids is 1. The van der Waals surface area contributed by atoms with Crippen LogP contribution in [0.25, 0.3) is 0 Å². The van der Waals surface area contributed by atoms with Gasteiger partial charge < -0.3 is 19.6 Å². The highest BCUT2D eigenvalue weighted by molar-refractivity contribution is 5.83. The number of hydrogen-bond donors (Lipinski definition) is 1. The lowest BCUT2D eigenvalue weighted by Gasteiger charge is -2.27. The first-order chi connectivity index (χ1) is 10.0. The molecule has 2 rings (SSSR count). The molecular weight excluding hydrogens is 274 g/mol. The monoisotopic (exact) mass is 293 g/mol. The third-order valence-electron chi connectivity index (χ3n) is 3.58. The van der Waals surface area contributed by atoms with Gasteiger partial charge in [0, 0.05) is 33.3 Å². The van der Waals surface area contributed by atoms with Gasteiger partial charge in [0.05, 0.1) is 18.3 Å². The fourth-order valence-electron chi connectivity index (χ4n) is 2.44. The molecule has 1 aliphatic rings. The largest absolute Gasteiger partial charge is 0.480 e. The summed E-state index contributed by atoms with van der Waals surface area (Å²) in [4.78, 5) is 30.7. The number of methoxy groups -OCH3 is 1. The highest BCUT2D eigenvalue weighted by Crippen LogP contribution is 2.22. The van der Waals surface area contributed by atoms with E-state index < -0.39 is 12.0 Å². The van der Waals surface area contributed by atoms with Gasteiger partial charge in [0.2, 0.25) is 0 Å². The van der Waals surface area contributed by atoms with E-state index in [9.17, 15) is 14.7 Å². The zero-order chi connectivity index (χ0) is 15.4. The average Bonchev–Trinajstić information content (AvgIpc) is 2.92. The number of carbonyl (C=O) groups is 2.